The van der Waals surface area contributed by atoms with Crippen LogP contribution in [0.25, 0.3) is 0 Å². The molecule has 0 fully saturated rings. The highest BCUT2D eigenvalue weighted by molar-refractivity contribution is 6.35. The maximum absolute atomic E-state index is 12.2. The fourth-order valence-electron chi connectivity index (χ4n) is 1.80. The van der Waals surface area contributed by atoms with Crippen LogP contribution in [0.2, 0.25) is 10.2 Å². The highest BCUT2D eigenvalue weighted by Crippen LogP contribution is 2.18. The van der Waals surface area contributed by atoms with Crippen LogP contribution < -0.4 is 10.6 Å². The Balaban J connectivity index is 2.02. The second kappa shape index (κ2) is 8.46. The molecule has 2 rings (SSSR count). The van der Waals surface area contributed by atoms with E-state index in [0.29, 0.717) is 11.3 Å². The van der Waals surface area contributed by atoms with Crippen LogP contribution in [0.15, 0.2) is 36.4 Å². The molecule has 0 atom stereocenters. The maximum Gasteiger partial charge on any atom is 0.325 e. The number of esters is 1. The molecule has 0 aliphatic carbocycles. The number of hydrogen-bond acceptors (Lipinski definition) is 5. The summed E-state index contributed by atoms with van der Waals surface area (Å²) in [4.78, 5) is 38.9. The van der Waals surface area contributed by atoms with Gasteiger partial charge in [0.25, 0.3) is 11.8 Å². The van der Waals surface area contributed by atoms with Gasteiger partial charge in [-0.3, -0.25) is 14.4 Å². The standard InChI is InChI=1S/C16H13Cl2N3O4/c1-25-13(22)8-19-15(23)9-2-4-10(5-3-9)20-16(24)14-11(17)6-7-12(18)21-14/h2-7H,8H2,1H3,(H,19,23)(H,20,24). The first-order chi connectivity index (χ1) is 11.9. The first-order valence-corrected chi connectivity index (χ1v) is 7.75. The molecule has 0 bridgehead atoms. The molecule has 0 saturated heterocycles. The fourth-order valence-corrected chi connectivity index (χ4v) is 2.14. The van der Waals surface area contributed by atoms with Crippen LogP contribution in [0.4, 0.5) is 5.69 Å². The molecule has 0 saturated carbocycles. The molecule has 7 nitrogen and oxygen atoms in total. The number of rotatable bonds is 5. The third-order valence-corrected chi connectivity index (χ3v) is 3.57. The predicted octanol–water partition coefficient (Wildman–Crippen LogP) is 2.54. The molecule has 25 heavy (non-hydrogen) atoms. The number of hydrogen-bond donors (Lipinski definition) is 2. The van der Waals surface area contributed by atoms with Crippen molar-refractivity contribution < 1.29 is 19.1 Å². The SMILES string of the molecule is COC(=O)CNC(=O)c1ccc(NC(=O)c2nc(Cl)ccc2Cl)cc1. The summed E-state index contributed by atoms with van der Waals surface area (Å²) in [7, 11) is 1.23. The number of halogens is 2. The summed E-state index contributed by atoms with van der Waals surface area (Å²) < 4.78 is 4.43. The Morgan fingerprint density at radius 2 is 1.72 bits per heavy atom. The van der Waals surface area contributed by atoms with E-state index in [1.165, 1.54) is 43.5 Å². The molecular formula is C16H13Cl2N3O4. The van der Waals surface area contributed by atoms with Crippen molar-refractivity contribution >= 4 is 46.7 Å². The van der Waals surface area contributed by atoms with E-state index in [1.807, 2.05) is 0 Å². The van der Waals surface area contributed by atoms with Crippen molar-refractivity contribution in [3.05, 3.63) is 57.8 Å². The van der Waals surface area contributed by atoms with Crippen LogP contribution in [0, 0.1) is 0 Å². The second-order valence-corrected chi connectivity index (χ2v) is 5.55. The zero-order valence-corrected chi connectivity index (χ0v) is 14.5. The largest absolute Gasteiger partial charge is 0.468 e. The number of nitrogens with one attached hydrogen (secondary N) is 2. The normalized spacial score (nSPS) is 10.0. The van der Waals surface area contributed by atoms with Gasteiger partial charge in [-0.15, -0.1) is 0 Å². The minimum Gasteiger partial charge on any atom is -0.468 e. The molecule has 0 unspecified atom stereocenters. The van der Waals surface area contributed by atoms with E-state index in [9.17, 15) is 14.4 Å². The van der Waals surface area contributed by atoms with Gasteiger partial charge in [-0.25, -0.2) is 4.98 Å². The molecular weight excluding hydrogens is 369 g/mol. The lowest BCUT2D eigenvalue weighted by Crippen LogP contribution is -2.30. The fraction of sp³-hybridized carbons (Fsp3) is 0.125. The van der Waals surface area contributed by atoms with Crippen LogP contribution in [0.1, 0.15) is 20.8 Å². The first-order valence-electron chi connectivity index (χ1n) is 6.99. The Morgan fingerprint density at radius 3 is 2.36 bits per heavy atom. The van der Waals surface area contributed by atoms with Crippen molar-refractivity contribution in [1.29, 1.82) is 0 Å². The summed E-state index contributed by atoms with van der Waals surface area (Å²) in [5.41, 5.74) is 0.752. The Bertz CT molecular complexity index is 810. The van der Waals surface area contributed by atoms with Crippen LogP contribution in [-0.2, 0) is 9.53 Å². The van der Waals surface area contributed by atoms with Gasteiger partial charge in [0.05, 0.1) is 12.1 Å². The number of carbonyl (C=O) groups excluding carboxylic acids is 3. The van der Waals surface area contributed by atoms with Gasteiger partial charge >= 0.3 is 5.97 Å². The Hall–Kier alpha value is -2.64. The summed E-state index contributed by atoms with van der Waals surface area (Å²) in [5, 5.41) is 5.32. The van der Waals surface area contributed by atoms with E-state index < -0.39 is 17.8 Å². The number of pyridine rings is 1. The summed E-state index contributed by atoms with van der Waals surface area (Å²) >= 11 is 11.7. The average Bonchev–Trinajstić information content (AvgIpc) is 2.61. The number of anilines is 1. The lowest BCUT2D eigenvalue weighted by atomic mass is 10.2. The van der Waals surface area contributed by atoms with Gasteiger partial charge in [-0.2, -0.15) is 0 Å². The Morgan fingerprint density at radius 1 is 1.04 bits per heavy atom. The predicted molar refractivity (Wildman–Crippen MR) is 93.0 cm³/mol. The van der Waals surface area contributed by atoms with E-state index in [2.05, 4.69) is 20.4 Å². The topological polar surface area (TPSA) is 97.4 Å². The van der Waals surface area contributed by atoms with E-state index in [-0.39, 0.29) is 22.4 Å². The number of nitrogens with zero attached hydrogens (tertiary/aromatic N) is 1. The van der Waals surface area contributed by atoms with Gasteiger partial charge in [0.1, 0.15) is 17.4 Å². The molecule has 1 heterocycles. The third-order valence-electron chi connectivity index (χ3n) is 3.05. The van der Waals surface area contributed by atoms with Gasteiger partial charge in [0.2, 0.25) is 0 Å². The maximum atomic E-state index is 12.2. The van der Waals surface area contributed by atoms with E-state index in [0.717, 1.165) is 0 Å². The quantitative estimate of drug-likeness (QED) is 0.612. The number of carbonyl (C=O) groups is 3. The van der Waals surface area contributed by atoms with Gasteiger partial charge < -0.3 is 15.4 Å². The van der Waals surface area contributed by atoms with Gasteiger partial charge in [0.15, 0.2) is 0 Å². The molecule has 130 valence electrons. The molecule has 1 aromatic carbocycles. The van der Waals surface area contributed by atoms with Crippen molar-refractivity contribution in [3.63, 3.8) is 0 Å². The zero-order chi connectivity index (χ0) is 18.4. The molecule has 2 N–H and O–H groups in total. The smallest absolute Gasteiger partial charge is 0.325 e. The van der Waals surface area contributed by atoms with Crippen molar-refractivity contribution in [3.8, 4) is 0 Å². The summed E-state index contributed by atoms with van der Waals surface area (Å²) in [6.07, 6.45) is 0. The summed E-state index contributed by atoms with van der Waals surface area (Å²) in [6.45, 7) is -0.229. The highest BCUT2D eigenvalue weighted by Gasteiger charge is 2.14. The number of benzene rings is 1. The molecule has 0 spiro atoms. The highest BCUT2D eigenvalue weighted by atomic mass is 35.5. The molecule has 1 aromatic heterocycles. The van der Waals surface area contributed by atoms with E-state index >= 15 is 0 Å². The first kappa shape index (κ1) is 18.7. The van der Waals surface area contributed by atoms with Gasteiger partial charge in [0, 0.05) is 11.3 Å². The van der Waals surface area contributed by atoms with Crippen LogP contribution in [0.3, 0.4) is 0 Å². The number of ether oxygens (including phenoxy) is 1. The van der Waals surface area contributed by atoms with Crippen molar-refractivity contribution in [2.24, 2.45) is 0 Å². The van der Waals surface area contributed by atoms with Crippen LogP contribution >= 0.6 is 23.2 Å². The minimum atomic E-state index is -0.553. The molecule has 0 aliphatic rings. The molecule has 9 heteroatoms. The van der Waals surface area contributed by atoms with Gasteiger partial charge in [-0.1, -0.05) is 23.2 Å². The minimum absolute atomic E-state index is 0.00550. The van der Waals surface area contributed by atoms with Crippen molar-refractivity contribution in [2.75, 3.05) is 19.0 Å². The molecule has 2 aromatic rings. The lowest BCUT2D eigenvalue weighted by molar-refractivity contribution is -0.139. The number of aromatic nitrogens is 1. The molecule has 2 amide bonds. The Labute approximate surface area is 153 Å². The number of methoxy groups -OCH3 is 1. The third kappa shape index (κ3) is 5.17. The van der Waals surface area contributed by atoms with E-state index in [1.54, 1.807) is 0 Å². The van der Waals surface area contributed by atoms with Gasteiger partial charge in [-0.05, 0) is 36.4 Å². The molecule has 0 aliphatic heterocycles. The van der Waals surface area contributed by atoms with Crippen molar-refractivity contribution in [1.82, 2.24) is 10.3 Å². The molecule has 0 radical (unpaired) electrons. The lowest BCUT2D eigenvalue weighted by Gasteiger charge is -2.08. The monoisotopic (exact) mass is 381 g/mol. The van der Waals surface area contributed by atoms with Crippen LogP contribution in [0.5, 0.6) is 0 Å². The second-order valence-electron chi connectivity index (χ2n) is 4.75. The zero-order valence-electron chi connectivity index (χ0n) is 13.0. The average molecular weight is 382 g/mol. The van der Waals surface area contributed by atoms with E-state index in [4.69, 9.17) is 23.2 Å². The summed E-state index contributed by atoms with van der Waals surface area (Å²) in [6, 6.07) is 9.00. The summed E-state index contributed by atoms with van der Waals surface area (Å²) in [5.74, 6) is -1.53. The van der Waals surface area contributed by atoms with Crippen LogP contribution in [-0.4, -0.2) is 36.4 Å². The number of amides is 2. The van der Waals surface area contributed by atoms with Crippen molar-refractivity contribution in [2.45, 2.75) is 0 Å². The Kier molecular flexibility index (Phi) is 6.32.